The quantitative estimate of drug-likeness (QED) is 0.300. The first-order valence-electron chi connectivity index (χ1n) is 13.3. The number of fused-ring (bicyclic) bond motifs is 2. The number of pyridine rings is 1. The predicted octanol–water partition coefficient (Wildman–Crippen LogP) is 4.41. The lowest BCUT2D eigenvalue weighted by Crippen LogP contribution is -2.38. The lowest BCUT2D eigenvalue weighted by Gasteiger charge is -2.33. The van der Waals surface area contributed by atoms with E-state index in [0.29, 0.717) is 28.3 Å². The third kappa shape index (κ3) is 5.65. The first-order chi connectivity index (χ1) is 19.1. The van der Waals surface area contributed by atoms with E-state index in [-0.39, 0.29) is 12.5 Å². The number of imidazole rings is 1. The van der Waals surface area contributed by atoms with Crippen LogP contribution < -0.4 is 20.1 Å². The topological polar surface area (TPSA) is 104 Å². The number of carbonyl (C=O) groups excluding carboxylic acids is 1. The van der Waals surface area contributed by atoms with E-state index < -0.39 is 0 Å². The number of benzene rings is 2. The molecule has 1 amide bonds. The van der Waals surface area contributed by atoms with Crippen LogP contribution in [0.15, 0.2) is 48.7 Å². The summed E-state index contributed by atoms with van der Waals surface area (Å²) in [5.74, 6) is 2.08. The van der Waals surface area contributed by atoms with Crippen molar-refractivity contribution in [1.29, 1.82) is 0 Å². The van der Waals surface area contributed by atoms with Crippen molar-refractivity contribution >= 4 is 34.4 Å². The molecule has 0 bridgehead atoms. The number of carbonyl (C=O) groups is 1. The van der Waals surface area contributed by atoms with Gasteiger partial charge in [-0.1, -0.05) is 35.9 Å². The van der Waals surface area contributed by atoms with Gasteiger partial charge in [0, 0.05) is 44.7 Å². The Morgan fingerprint density at radius 1 is 1.23 bits per heavy atom. The highest BCUT2D eigenvalue weighted by Crippen LogP contribution is 2.33. The van der Waals surface area contributed by atoms with Gasteiger partial charge >= 0.3 is 0 Å². The molecule has 39 heavy (non-hydrogen) atoms. The van der Waals surface area contributed by atoms with Crippen LogP contribution in [0.2, 0.25) is 5.02 Å². The number of amides is 1. The third-order valence-corrected chi connectivity index (χ3v) is 7.61. The summed E-state index contributed by atoms with van der Waals surface area (Å²) < 4.78 is 11.2. The van der Waals surface area contributed by atoms with E-state index >= 15 is 0 Å². The largest absolute Gasteiger partial charge is 0.493 e. The van der Waals surface area contributed by atoms with Gasteiger partial charge in [-0.25, -0.2) is 9.97 Å². The van der Waals surface area contributed by atoms with Crippen molar-refractivity contribution in [3.8, 4) is 22.9 Å². The number of hydrogen-bond donors (Lipinski definition) is 3. The van der Waals surface area contributed by atoms with Crippen LogP contribution in [0.5, 0.6) is 11.5 Å². The smallest absolute Gasteiger partial charge is 0.257 e. The number of nitrogens with zero attached hydrogens (tertiary/aromatic N) is 3. The monoisotopic (exact) mass is 546 g/mol. The van der Waals surface area contributed by atoms with Crippen molar-refractivity contribution in [2.75, 3.05) is 38.7 Å². The number of H-pyrrole nitrogens is 1. The molecule has 10 heteroatoms. The van der Waals surface area contributed by atoms with E-state index in [1.807, 2.05) is 24.3 Å². The minimum absolute atomic E-state index is 0.0492. The van der Waals surface area contributed by atoms with Crippen molar-refractivity contribution in [1.82, 2.24) is 25.2 Å². The zero-order chi connectivity index (χ0) is 26.8. The molecule has 0 radical (unpaired) electrons. The van der Waals surface area contributed by atoms with Crippen LogP contribution in [0.4, 0.5) is 5.69 Å². The molecule has 0 unspecified atom stereocenters. The van der Waals surface area contributed by atoms with Crippen LogP contribution in [0.1, 0.15) is 24.0 Å². The molecular formula is C29H31ClN6O3. The van der Waals surface area contributed by atoms with Crippen LogP contribution in [-0.2, 0) is 17.8 Å². The molecule has 2 aromatic carbocycles. The Morgan fingerprint density at radius 3 is 2.95 bits per heavy atom. The molecule has 0 spiro atoms. The molecule has 202 valence electrons. The predicted molar refractivity (Wildman–Crippen MR) is 151 cm³/mol. The summed E-state index contributed by atoms with van der Waals surface area (Å²) in [6.07, 6.45) is 4.68. The molecule has 9 nitrogen and oxygen atoms in total. The minimum atomic E-state index is -0.192. The lowest BCUT2D eigenvalue weighted by atomic mass is 10.0. The number of ether oxygens (including phenoxy) is 2. The van der Waals surface area contributed by atoms with Gasteiger partial charge in [0.15, 0.2) is 12.3 Å². The Labute approximate surface area is 231 Å². The van der Waals surface area contributed by atoms with E-state index in [1.54, 1.807) is 13.2 Å². The fourth-order valence-electron chi connectivity index (χ4n) is 5.20. The number of hydrogen-bond acceptors (Lipinski definition) is 7. The Hall–Kier alpha value is -3.82. The summed E-state index contributed by atoms with van der Waals surface area (Å²) in [6, 6.07) is 14.3. The van der Waals surface area contributed by atoms with Crippen LogP contribution in [0.3, 0.4) is 0 Å². The van der Waals surface area contributed by atoms with Gasteiger partial charge in [0.05, 0.1) is 23.5 Å². The Morgan fingerprint density at radius 2 is 2.10 bits per heavy atom. The fraction of sp³-hybridized carbons (Fsp3) is 0.345. The average molecular weight is 547 g/mol. The molecule has 1 saturated heterocycles. The summed E-state index contributed by atoms with van der Waals surface area (Å²) in [6.45, 7) is 3.71. The second-order valence-electron chi connectivity index (χ2n) is 9.99. The molecule has 6 rings (SSSR count). The zero-order valence-electron chi connectivity index (χ0n) is 21.8. The van der Waals surface area contributed by atoms with Crippen molar-refractivity contribution in [3.63, 3.8) is 0 Å². The second-order valence-corrected chi connectivity index (χ2v) is 10.4. The van der Waals surface area contributed by atoms with Crippen molar-refractivity contribution in [2.45, 2.75) is 31.8 Å². The molecule has 0 atom stereocenters. The van der Waals surface area contributed by atoms with Crippen molar-refractivity contribution in [3.05, 3.63) is 64.8 Å². The number of rotatable bonds is 8. The summed E-state index contributed by atoms with van der Waals surface area (Å²) in [5, 5.41) is 6.78. The molecule has 2 aliphatic heterocycles. The number of aromatic amines is 1. The van der Waals surface area contributed by atoms with Gasteiger partial charge in [-0.3, -0.25) is 9.69 Å². The first kappa shape index (κ1) is 25.5. The number of piperidine rings is 1. The maximum atomic E-state index is 11.5. The van der Waals surface area contributed by atoms with Crippen LogP contribution >= 0.6 is 11.6 Å². The highest BCUT2D eigenvalue weighted by Gasteiger charge is 2.23. The lowest BCUT2D eigenvalue weighted by molar-refractivity contribution is -0.122. The molecule has 4 heterocycles. The van der Waals surface area contributed by atoms with E-state index in [0.717, 1.165) is 68.0 Å². The third-order valence-electron chi connectivity index (χ3n) is 7.33. The number of anilines is 1. The number of likely N-dealkylation sites (N-methyl/N-ethyl adjacent to an activating group) is 1. The summed E-state index contributed by atoms with van der Waals surface area (Å²) >= 11 is 6.62. The van der Waals surface area contributed by atoms with Gasteiger partial charge < -0.3 is 25.1 Å². The van der Waals surface area contributed by atoms with Crippen LogP contribution in [0, 0.1) is 0 Å². The van der Waals surface area contributed by atoms with Gasteiger partial charge in [0.1, 0.15) is 22.8 Å². The standard InChI is InChI=1S/C29H31ClN6O3/c1-31-25(37)17-39-22-4-2-3-20(14-22)28-34-27-26(23(30)15-32-29(27)35-28)33-21-7-10-36(11-8-21)16-18-5-6-24-19(13-18)9-12-38-24/h2-6,13-15,21H,7-12,16-17H2,1H3,(H,31,37)(H2,32,33,34,35). The first-order valence-corrected chi connectivity index (χ1v) is 13.6. The molecule has 3 N–H and O–H groups in total. The number of likely N-dealkylation sites (tertiary alicyclic amines) is 1. The second kappa shape index (κ2) is 11.1. The van der Waals surface area contributed by atoms with Crippen molar-refractivity contribution < 1.29 is 14.3 Å². The summed E-state index contributed by atoms with van der Waals surface area (Å²) in [7, 11) is 1.58. The Kier molecular flexibility index (Phi) is 7.26. The van der Waals surface area contributed by atoms with Gasteiger partial charge in [0.25, 0.3) is 5.91 Å². The fourth-order valence-corrected chi connectivity index (χ4v) is 5.40. The minimum Gasteiger partial charge on any atom is -0.493 e. The maximum absolute atomic E-state index is 11.5. The molecule has 2 aliphatic rings. The van der Waals surface area contributed by atoms with E-state index in [9.17, 15) is 4.79 Å². The number of halogens is 1. The highest BCUT2D eigenvalue weighted by molar-refractivity contribution is 6.34. The number of aromatic nitrogens is 3. The van der Waals surface area contributed by atoms with Gasteiger partial charge in [-0.2, -0.15) is 0 Å². The summed E-state index contributed by atoms with van der Waals surface area (Å²) in [4.78, 5) is 26.6. The van der Waals surface area contributed by atoms with Gasteiger partial charge in [-0.05, 0) is 42.2 Å². The molecule has 4 aromatic rings. The van der Waals surface area contributed by atoms with E-state index in [4.69, 9.17) is 26.1 Å². The van der Waals surface area contributed by atoms with Gasteiger partial charge in [-0.15, -0.1) is 0 Å². The average Bonchev–Trinajstić information content (AvgIpc) is 3.61. The van der Waals surface area contributed by atoms with Crippen molar-refractivity contribution in [2.24, 2.45) is 0 Å². The normalized spacial score (nSPS) is 15.6. The SMILES string of the molecule is CNC(=O)COc1cccc(-c2nc3ncc(Cl)c(NC4CCN(Cc5ccc6c(c5)CCO6)CC4)c3[nH]2)c1. The van der Waals surface area contributed by atoms with E-state index in [1.165, 1.54) is 11.1 Å². The Bertz CT molecular complexity index is 1500. The van der Waals surface area contributed by atoms with Crippen LogP contribution in [-0.4, -0.2) is 65.2 Å². The zero-order valence-corrected chi connectivity index (χ0v) is 22.6. The van der Waals surface area contributed by atoms with Crippen LogP contribution in [0.25, 0.3) is 22.6 Å². The van der Waals surface area contributed by atoms with Gasteiger partial charge in [0.2, 0.25) is 0 Å². The summed E-state index contributed by atoms with van der Waals surface area (Å²) in [5.41, 5.74) is 5.68. The van der Waals surface area contributed by atoms with E-state index in [2.05, 4.69) is 43.7 Å². The molecule has 1 fully saturated rings. The highest BCUT2D eigenvalue weighted by atomic mass is 35.5. The molecular weight excluding hydrogens is 516 g/mol. The molecule has 0 saturated carbocycles. The Balaban J connectivity index is 1.13. The number of nitrogens with one attached hydrogen (secondary N) is 3. The maximum Gasteiger partial charge on any atom is 0.257 e. The molecule has 0 aliphatic carbocycles. The molecule has 2 aromatic heterocycles.